The van der Waals surface area contributed by atoms with Crippen molar-refractivity contribution in [1.82, 2.24) is 0 Å². The predicted molar refractivity (Wildman–Crippen MR) is 42.8 cm³/mol. The Labute approximate surface area is 77.9 Å². The molecule has 0 fully saturated rings. The molecule has 0 unspecified atom stereocenters. The zero-order valence-electron chi connectivity index (χ0n) is 4.96. The SMILES string of the molecule is [NH-]CC[S-].[NH-]CC[S-].[Ni]. The predicted octanol–water partition coefficient (Wildman–Crippen LogP) is 1.17. The molecule has 9 heavy (non-hydrogen) atoms. The van der Waals surface area contributed by atoms with Crippen molar-refractivity contribution in [3.8, 4) is 0 Å². The van der Waals surface area contributed by atoms with Gasteiger partial charge in [0, 0.05) is 16.5 Å². The van der Waals surface area contributed by atoms with Gasteiger partial charge in [-0.15, -0.1) is 0 Å². The Kier molecular flexibility index (Phi) is 42.3. The average Bonchev–Trinajstić information content (AvgIpc) is 1.88. The summed E-state index contributed by atoms with van der Waals surface area (Å²) >= 11 is 8.73. The molecule has 0 saturated carbocycles. The fraction of sp³-hybridized carbons (Fsp3) is 1.00. The van der Waals surface area contributed by atoms with Crippen LogP contribution >= 0.6 is 0 Å². The van der Waals surface area contributed by atoms with Gasteiger partial charge in [-0.3, -0.25) is 0 Å². The summed E-state index contributed by atoms with van der Waals surface area (Å²) in [5, 5.41) is 0. The van der Waals surface area contributed by atoms with Gasteiger partial charge < -0.3 is 36.7 Å². The van der Waals surface area contributed by atoms with Gasteiger partial charge in [-0.05, 0) is 0 Å². The van der Waals surface area contributed by atoms with Crippen LogP contribution in [0.1, 0.15) is 0 Å². The molecule has 0 aromatic heterocycles. The van der Waals surface area contributed by atoms with Crippen LogP contribution in [0.15, 0.2) is 0 Å². The second-order valence-electron chi connectivity index (χ2n) is 0.908. The van der Waals surface area contributed by atoms with Crippen molar-refractivity contribution < 1.29 is 16.5 Å². The van der Waals surface area contributed by atoms with E-state index in [0.29, 0.717) is 24.6 Å². The van der Waals surface area contributed by atoms with Crippen molar-refractivity contribution in [2.45, 2.75) is 0 Å². The normalized spacial score (nSPS) is 6.67. The minimum absolute atomic E-state index is 0. The molecule has 5 heteroatoms. The van der Waals surface area contributed by atoms with Gasteiger partial charge in [-0.25, -0.2) is 0 Å². The zero-order chi connectivity index (χ0) is 6.83. The number of hydrogen-bond acceptors (Lipinski definition) is 2. The molecular formula is C4H10N2NiS2-4. The van der Waals surface area contributed by atoms with Gasteiger partial charge in [0.2, 0.25) is 0 Å². The Balaban J connectivity index is -0.0000000720. The summed E-state index contributed by atoms with van der Waals surface area (Å²) < 4.78 is 0. The molecule has 0 heterocycles. The van der Waals surface area contributed by atoms with E-state index >= 15 is 0 Å². The van der Waals surface area contributed by atoms with E-state index in [1.54, 1.807) is 0 Å². The van der Waals surface area contributed by atoms with Crippen LogP contribution in [0, 0.1) is 0 Å². The van der Waals surface area contributed by atoms with E-state index in [4.69, 9.17) is 11.5 Å². The monoisotopic (exact) mass is 208 g/mol. The summed E-state index contributed by atoms with van der Waals surface area (Å²) in [5.74, 6) is 1.14. The summed E-state index contributed by atoms with van der Waals surface area (Å²) in [7, 11) is 0. The average molecular weight is 209 g/mol. The molecule has 0 rings (SSSR count). The van der Waals surface area contributed by atoms with E-state index in [-0.39, 0.29) is 16.5 Å². The third-order valence-corrected chi connectivity index (χ3v) is 0.612. The molecule has 2 N–H and O–H groups in total. The van der Waals surface area contributed by atoms with Crippen molar-refractivity contribution in [3.63, 3.8) is 0 Å². The van der Waals surface area contributed by atoms with Gasteiger partial charge in [0.1, 0.15) is 0 Å². The second kappa shape index (κ2) is 22.9. The summed E-state index contributed by atoms with van der Waals surface area (Å²) in [4.78, 5) is 0. The molecule has 0 saturated heterocycles. The molecule has 0 aliphatic heterocycles. The van der Waals surface area contributed by atoms with Crippen molar-refractivity contribution in [2.75, 3.05) is 24.6 Å². The number of nitrogens with one attached hydrogen (secondary N) is 2. The number of hydrogen-bond donors (Lipinski definition) is 0. The smallest absolute Gasteiger partial charge is 0 e. The van der Waals surface area contributed by atoms with Gasteiger partial charge in [0.05, 0.1) is 0 Å². The van der Waals surface area contributed by atoms with Gasteiger partial charge in [-0.1, -0.05) is 0 Å². The minimum Gasteiger partial charge on any atom is -0.794 e. The van der Waals surface area contributed by atoms with Crippen LogP contribution in [-0.2, 0) is 41.7 Å². The summed E-state index contributed by atoms with van der Waals surface area (Å²) in [6, 6.07) is 0. The van der Waals surface area contributed by atoms with Crippen LogP contribution in [0.25, 0.3) is 11.5 Å². The third kappa shape index (κ3) is 47.6. The van der Waals surface area contributed by atoms with Crippen LogP contribution in [0.3, 0.4) is 0 Å². The summed E-state index contributed by atoms with van der Waals surface area (Å²) in [5.41, 5.74) is 12.7. The minimum atomic E-state index is 0. The van der Waals surface area contributed by atoms with E-state index in [9.17, 15) is 0 Å². The first kappa shape index (κ1) is 16.6. The Morgan fingerprint density at radius 1 is 0.889 bits per heavy atom. The molecule has 0 aliphatic carbocycles. The van der Waals surface area contributed by atoms with E-state index in [1.165, 1.54) is 0 Å². The molecule has 2 nitrogen and oxygen atoms in total. The first-order chi connectivity index (χ1) is 3.83. The molecule has 0 aliphatic rings. The maximum atomic E-state index is 6.35. The zero-order valence-corrected chi connectivity index (χ0v) is 7.58. The number of rotatable bonds is 2. The van der Waals surface area contributed by atoms with Crippen LogP contribution in [-0.4, -0.2) is 24.6 Å². The maximum Gasteiger partial charge on any atom is 0 e. The van der Waals surface area contributed by atoms with Crippen molar-refractivity contribution in [3.05, 3.63) is 11.5 Å². The van der Waals surface area contributed by atoms with Crippen molar-refractivity contribution in [1.29, 1.82) is 0 Å². The molecule has 0 aromatic carbocycles. The first-order valence-corrected chi connectivity index (χ1v) is 3.44. The van der Waals surface area contributed by atoms with Crippen molar-refractivity contribution >= 4 is 25.3 Å². The molecule has 0 bridgehead atoms. The Morgan fingerprint density at radius 2 is 1.00 bits per heavy atom. The van der Waals surface area contributed by atoms with E-state index < -0.39 is 0 Å². The largest absolute Gasteiger partial charge is 0.794 e. The Morgan fingerprint density at radius 3 is 1.00 bits per heavy atom. The fourth-order valence-corrected chi connectivity index (χ4v) is 0. The summed E-state index contributed by atoms with van der Waals surface area (Å²) in [6.07, 6.45) is 0. The van der Waals surface area contributed by atoms with E-state index in [0.717, 1.165) is 0 Å². The molecule has 0 spiro atoms. The molecule has 0 radical (unpaired) electrons. The van der Waals surface area contributed by atoms with Gasteiger partial charge >= 0.3 is 0 Å². The summed E-state index contributed by atoms with van der Waals surface area (Å²) in [6.45, 7) is 0.769. The van der Waals surface area contributed by atoms with Gasteiger partial charge in [0.25, 0.3) is 0 Å². The quantitative estimate of drug-likeness (QED) is 0.506. The molecular weight excluding hydrogens is 199 g/mol. The second-order valence-corrected chi connectivity index (χ2v) is 1.72. The Bertz CT molecular complexity index is 24.5. The standard InChI is InChI=1S/2C2H6NS.Ni/c2*3-1-2-4;/h2*3-4H,1-2H2;/q2*-1;/p-2. The van der Waals surface area contributed by atoms with Crippen LogP contribution in [0.4, 0.5) is 0 Å². The van der Waals surface area contributed by atoms with E-state index in [1.807, 2.05) is 0 Å². The van der Waals surface area contributed by atoms with Crippen LogP contribution < -0.4 is 0 Å². The van der Waals surface area contributed by atoms with Gasteiger partial charge in [-0.2, -0.15) is 24.6 Å². The molecule has 62 valence electrons. The topological polar surface area (TPSA) is 47.6 Å². The van der Waals surface area contributed by atoms with Crippen LogP contribution in [0.5, 0.6) is 0 Å². The van der Waals surface area contributed by atoms with Gasteiger partial charge in [0.15, 0.2) is 0 Å². The molecule has 0 amide bonds. The van der Waals surface area contributed by atoms with Crippen LogP contribution in [0.2, 0.25) is 0 Å². The first-order valence-electron chi connectivity index (χ1n) is 2.28. The Hall–Kier alpha value is 1.11. The molecule has 0 atom stereocenters. The molecule has 0 aromatic rings. The van der Waals surface area contributed by atoms with Crippen molar-refractivity contribution in [2.24, 2.45) is 0 Å². The maximum absolute atomic E-state index is 6.35. The third-order valence-electron chi connectivity index (χ3n) is 0.204. The fourth-order valence-electron chi connectivity index (χ4n) is 0. The van der Waals surface area contributed by atoms with E-state index in [2.05, 4.69) is 25.3 Å².